The minimum atomic E-state index is -0.606. The number of hydrogen-bond donors (Lipinski definition) is 1. The van der Waals surface area contributed by atoms with Gasteiger partial charge in [0.25, 0.3) is 11.8 Å². The Morgan fingerprint density at radius 2 is 1.86 bits per heavy atom. The molecule has 0 saturated carbocycles. The number of nitrogens with zero attached hydrogens (tertiary/aromatic N) is 1. The second kappa shape index (κ2) is 7.93. The van der Waals surface area contributed by atoms with Crippen LogP contribution in [0.4, 0.5) is 15.8 Å². The maximum absolute atomic E-state index is 13.9. The third-order valence-corrected chi connectivity index (χ3v) is 4.78. The quantitative estimate of drug-likeness (QED) is 0.680. The summed E-state index contributed by atoms with van der Waals surface area (Å²) < 4.78 is 19.4. The SMILES string of the molecule is O=C(Nc1ccc2c(c1)N(Cc1ccc(Cl)cc1)C(=O)CO2)c1ccccc1F. The lowest BCUT2D eigenvalue weighted by Gasteiger charge is -2.30. The van der Waals surface area contributed by atoms with E-state index >= 15 is 0 Å². The summed E-state index contributed by atoms with van der Waals surface area (Å²) in [5.74, 6) is -0.853. The highest BCUT2D eigenvalue weighted by Gasteiger charge is 2.26. The van der Waals surface area contributed by atoms with E-state index in [2.05, 4.69) is 5.32 Å². The first-order valence-corrected chi connectivity index (χ1v) is 9.26. The molecule has 3 aromatic rings. The van der Waals surface area contributed by atoms with Gasteiger partial charge in [0.2, 0.25) is 0 Å². The summed E-state index contributed by atoms with van der Waals surface area (Å²) in [4.78, 5) is 26.4. The molecule has 146 valence electrons. The first-order valence-electron chi connectivity index (χ1n) is 8.89. The molecule has 0 saturated heterocycles. The normalized spacial score (nSPS) is 12.9. The number of nitrogens with one attached hydrogen (secondary N) is 1. The lowest BCUT2D eigenvalue weighted by Crippen LogP contribution is -2.38. The first-order chi connectivity index (χ1) is 14.0. The Hall–Kier alpha value is -3.38. The molecule has 2 amide bonds. The van der Waals surface area contributed by atoms with Gasteiger partial charge >= 0.3 is 0 Å². The van der Waals surface area contributed by atoms with Gasteiger partial charge in [-0.15, -0.1) is 0 Å². The molecular formula is C22H16ClFN2O3. The van der Waals surface area contributed by atoms with E-state index in [0.29, 0.717) is 28.7 Å². The topological polar surface area (TPSA) is 58.6 Å². The minimum absolute atomic E-state index is 0.0597. The Morgan fingerprint density at radius 3 is 2.62 bits per heavy atom. The van der Waals surface area contributed by atoms with Crippen LogP contribution in [0.25, 0.3) is 0 Å². The van der Waals surface area contributed by atoms with Crippen molar-refractivity contribution in [3.8, 4) is 5.75 Å². The third-order valence-electron chi connectivity index (χ3n) is 4.53. The van der Waals surface area contributed by atoms with Gasteiger partial charge in [-0.2, -0.15) is 0 Å². The number of halogens is 2. The molecule has 0 aliphatic carbocycles. The lowest BCUT2D eigenvalue weighted by molar-refractivity contribution is -0.121. The average molecular weight is 411 g/mol. The zero-order chi connectivity index (χ0) is 20.4. The highest BCUT2D eigenvalue weighted by molar-refractivity contribution is 6.30. The highest BCUT2D eigenvalue weighted by atomic mass is 35.5. The van der Waals surface area contributed by atoms with Crippen molar-refractivity contribution in [1.82, 2.24) is 0 Å². The van der Waals surface area contributed by atoms with E-state index in [-0.39, 0.29) is 18.1 Å². The van der Waals surface area contributed by atoms with Crippen LogP contribution in [-0.4, -0.2) is 18.4 Å². The van der Waals surface area contributed by atoms with Crippen molar-refractivity contribution in [2.45, 2.75) is 6.54 Å². The molecule has 0 aromatic heterocycles. The van der Waals surface area contributed by atoms with Gasteiger partial charge in [0.15, 0.2) is 6.61 Å². The molecule has 0 radical (unpaired) electrons. The second-order valence-corrected chi connectivity index (χ2v) is 6.95. The summed E-state index contributed by atoms with van der Waals surface area (Å²) in [7, 11) is 0. The van der Waals surface area contributed by atoms with Crippen LogP contribution in [0.2, 0.25) is 5.02 Å². The fourth-order valence-electron chi connectivity index (χ4n) is 3.07. The molecular weight excluding hydrogens is 395 g/mol. The predicted octanol–water partition coefficient (Wildman–Crippen LogP) is 4.66. The van der Waals surface area contributed by atoms with Crippen LogP contribution < -0.4 is 15.0 Å². The smallest absolute Gasteiger partial charge is 0.265 e. The van der Waals surface area contributed by atoms with E-state index in [1.165, 1.54) is 18.2 Å². The van der Waals surface area contributed by atoms with Crippen molar-refractivity contribution >= 4 is 34.8 Å². The Morgan fingerprint density at radius 1 is 1.10 bits per heavy atom. The fourth-order valence-corrected chi connectivity index (χ4v) is 3.20. The van der Waals surface area contributed by atoms with Crippen LogP contribution >= 0.6 is 11.6 Å². The monoisotopic (exact) mass is 410 g/mol. The van der Waals surface area contributed by atoms with E-state index < -0.39 is 11.7 Å². The number of carbonyl (C=O) groups is 2. The molecule has 4 rings (SSSR count). The number of benzene rings is 3. The van der Waals surface area contributed by atoms with Crippen molar-refractivity contribution < 1.29 is 18.7 Å². The third kappa shape index (κ3) is 4.07. The molecule has 1 heterocycles. The van der Waals surface area contributed by atoms with Crippen molar-refractivity contribution in [3.63, 3.8) is 0 Å². The van der Waals surface area contributed by atoms with E-state index in [1.54, 1.807) is 41.3 Å². The molecule has 1 aliphatic heterocycles. The molecule has 5 nitrogen and oxygen atoms in total. The number of rotatable bonds is 4. The van der Waals surface area contributed by atoms with Gasteiger partial charge in [0.05, 0.1) is 17.8 Å². The summed E-state index contributed by atoms with van der Waals surface area (Å²) >= 11 is 5.93. The number of carbonyl (C=O) groups excluding carboxylic acids is 2. The maximum Gasteiger partial charge on any atom is 0.265 e. The zero-order valence-electron chi connectivity index (χ0n) is 15.2. The summed E-state index contributed by atoms with van der Waals surface area (Å²) in [5.41, 5.74) is 1.80. The molecule has 1 aliphatic rings. The van der Waals surface area contributed by atoms with Gasteiger partial charge in [-0.3, -0.25) is 9.59 Å². The fraction of sp³-hybridized carbons (Fsp3) is 0.0909. The summed E-state index contributed by atoms with van der Waals surface area (Å²) in [5, 5.41) is 3.28. The number of fused-ring (bicyclic) bond motifs is 1. The molecule has 1 N–H and O–H groups in total. The number of hydrogen-bond acceptors (Lipinski definition) is 3. The van der Waals surface area contributed by atoms with Crippen LogP contribution in [-0.2, 0) is 11.3 Å². The van der Waals surface area contributed by atoms with Crippen LogP contribution in [0, 0.1) is 5.82 Å². The average Bonchev–Trinajstić information content (AvgIpc) is 2.72. The van der Waals surface area contributed by atoms with Crippen LogP contribution in [0.15, 0.2) is 66.7 Å². The predicted molar refractivity (Wildman–Crippen MR) is 109 cm³/mol. The summed E-state index contributed by atoms with van der Waals surface area (Å²) in [6, 6.07) is 17.9. The summed E-state index contributed by atoms with van der Waals surface area (Å²) in [6.45, 7) is 0.262. The van der Waals surface area contributed by atoms with Gasteiger partial charge in [-0.1, -0.05) is 35.9 Å². The Balaban J connectivity index is 1.61. The Bertz CT molecular complexity index is 1090. The molecule has 0 atom stereocenters. The van der Waals surface area contributed by atoms with Crippen LogP contribution in [0.5, 0.6) is 5.75 Å². The molecule has 0 bridgehead atoms. The van der Waals surface area contributed by atoms with Crippen molar-refractivity contribution in [3.05, 3.63) is 88.7 Å². The Kier molecular flexibility index (Phi) is 5.18. The van der Waals surface area contributed by atoms with Crippen molar-refractivity contribution in [2.24, 2.45) is 0 Å². The highest BCUT2D eigenvalue weighted by Crippen LogP contribution is 2.35. The first kappa shape index (κ1) is 19.0. The molecule has 0 unspecified atom stereocenters. The van der Waals surface area contributed by atoms with Crippen molar-refractivity contribution in [1.29, 1.82) is 0 Å². The molecule has 3 aromatic carbocycles. The molecule has 7 heteroatoms. The largest absolute Gasteiger partial charge is 0.482 e. The minimum Gasteiger partial charge on any atom is -0.482 e. The van der Waals surface area contributed by atoms with Crippen molar-refractivity contribution in [2.75, 3.05) is 16.8 Å². The van der Waals surface area contributed by atoms with E-state index in [1.807, 2.05) is 12.1 Å². The van der Waals surface area contributed by atoms with Gasteiger partial charge in [0.1, 0.15) is 11.6 Å². The standard InChI is InChI=1S/C22H16ClFN2O3/c23-15-7-5-14(6-8-15)12-26-19-11-16(9-10-20(19)29-13-21(26)27)25-22(28)17-3-1-2-4-18(17)24/h1-11H,12-13H2,(H,25,28). The Labute approximate surface area is 171 Å². The molecule has 29 heavy (non-hydrogen) atoms. The van der Waals surface area contributed by atoms with Gasteiger partial charge in [0, 0.05) is 10.7 Å². The molecule has 0 fully saturated rings. The van der Waals surface area contributed by atoms with Crippen LogP contribution in [0.1, 0.15) is 15.9 Å². The maximum atomic E-state index is 13.9. The number of anilines is 2. The van der Waals surface area contributed by atoms with E-state index in [0.717, 1.165) is 5.56 Å². The molecule has 0 spiro atoms. The zero-order valence-corrected chi connectivity index (χ0v) is 15.9. The van der Waals surface area contributed by atoms with E-state index in [4.69, 9.17) is 16.3 Å². The summed E-state index contributed by atoms with van der Waals surface area (Å²) in [6.07, 6.45) is 0. The number of ether oxygens (including phenoxy) is 1. The number of amides is 2. The van der Waals surface area contributed by atoms with Gasteiger partial charge < -0.3 is 15.0 Å². The lowest BCUT2D eigenvalue weighted by atomic mass is 10.1. The van der Waals surface area contributed by atoms with E-state index in [9.17, 15) is 14.0 Å². The van der Waals surface area contributed by atoms with Gasteiger partial charge in [-0.25, -0.2) is 4.39 Å². The van der Waals surface area contributed by atoms with Crippen LogP contribution in [0.3, 0.4) is 0 Å². The van der Waals surface area contributed by atoms with Gasteiger partial charge in [-0.05, 0) is 48.0 Å². The second-order valence-electron chi connectivity index (χ2n) is 6.51.